The Bertz CT molecular complexity index is 964. The first-order chi connectivity index (χ1) is 14.2. The van der Waals surface area contributed by atoms with E-state index in [-0.39, 0.29) is 16.7 Å². The fourth-order valence-electron chi connectivity index (χ4n) is 3.91. The minimum atomic E-state index is -1.82. The molecule has 1 aromatic carbocycles. The number of aromatic nitrogens is 1. The molecule has 2 aromatic rings. The van der Waals surface area contributed by atoms with E-state index in [0.29, 0.717) is 12.5 Å². The maximum Gasteiger partial charge on any atom is 0.414 e. The normalized spacial score (nSPS) is 16.3. The average molecular weight is 431 g/mol. The number of Topliss-reactive ketones (excluding diaryl/α,β-unsaturated/α-hetero) is 1. The number of aliphatic carboxylic acids is 2. The van der Waals surface area contributed by atoms with Crippen LogP contribution in [-0.4, -0.2) is 44.5 Å². The SMILES string of the molecule is CC(C)(C)CC(=O)c1ccc2[nH]c3c(c2c1)CC(NC(C)(C)C)CC3.O=C(O)C(=O)O. The third-order valence-electron chi connectivity index (χ3n) is 5.02. The Morgan fingerprint density at radius 3 is 2.19 bits per heavy atom. The van der Waals surface area contributed by atoms with Gasteiger partial charge < -0.3 is 20.5 Å². The molecule has 4 N–H and O–H groups in total. The van der Waals surface area contributed by atoms with Gasteiger partial charge in [-0.3, -0.25) is 4.79 Å². The predicted octanol–water partition coefficient (Wildman–Crippen LogP) is 4.19. The summed E-state index contributed by atoms with van der Waals surface area (Å²) in [6, 6.07) is 6.66. The molecular formula is C24H34N2O5. The Kier molecular flexibility index (Phi) is 7.32. The van der Waals surface area contributed by atoms with Crippen molar-refractivity contribution in [3.8, 4) is 0 Å². The van der Waals surface area contributed by atoms with Gasteiger partial charge in [-0.1, -0.05) is 20.8 Å². The van der Waals surface area contributed by atoms with E-state index in [0.717, 1.165) is 30.3 Å². The fraction of sp³-hybridized carbons (Fsp3) is 0.542. The molecule has 1 heterocycles. The number of aryl methyl sites for hydroxylation is 1. The van der Waals surface area contributed by atoms with Crippen LogP contribution in [0.2, 0.25) is 0 Å². The number of H-pyrrole nitrogens is 1. The van der Waals surface area contributed by atoms with Crippen LogP contribution in [0.3, 0.4) is 0 Å². The molecule has 3 rings (SSSR count). The number of fused-ring (bicyclic) bond motifs is 3. The number of rotatable bonds is 3. The van der Waals surface area contributed by atoms with E-state index in [4.69, 9.17) is 19.8 Å². The van der Waals surface area contributed by atoms with Crippen molar-refractivity contribution in [3.05, 3.63) is 35.0 Å². The molecule has 0 radical (unpaired) electrons. The second-order valence-corrected chi connectivity index (χ2v) is 10.4. The van der Waals surface area contributed by atoms with Crippen molar-refractivity contribution in [2.75, 3.05) is 0 Å². The van der Waals surface area contributed by atoms with Crippen LogP contribution in [0.4, 0.5) is 0 Å². The molecular weight excluding hydrogens is 396 g/mol. The van der Waals surface area contributed by atoms with E-state index in [1.54, 1.807) is 0 Å². The highest BCUT2D eigenvalue weighted by Gasteiger charge is 2.26. The standard InChI is InChI=1S/C22H32N2O.C2H2O4/c1-21(2,3)13-20(25)14-7-9-18-16(11-14)17-12-15(24-22(4,5)6)8-10-19(17)23-18;3-1(4)2(5)6/h7,9,11,15,23-24H,8,10,12-13H2,1-6H3;(H,3,4)(H,5,6). The van der Waals surface area contributed by atoms with Gasteiger partial charge in [-0.15, -0.1) is 0 Å². The van der Waals surface area contributed by atoms with Gasteiger partial charge in [-0.2, -0.15) is 0 Å². The van der Waals surface area contributed by atoms with Crippen molar-refractivity contribution in [2.24, 2.45) is 5.41 Å². The van der Waals surface area contributed by atoms with E-state index in [9.17, 15) is 4.79 Å². The number of aromatic amines is 1. The van der Waals surface area contributed by atoms with Crippen LogP contribution < -0.4 is 5.32 Å². The first-order valence-electron chi connectivity index (χ1n) is 10.6. The summed E-state index contributed by atoms with van der Waals surface area (Å²) in [5, 5.41) is 19.8. The Morgan fingerprint density at radius 1 is 1.06 bits per heavy atom. The average Bonchev–Trinajstić information content (AvgIpc) is 2.96. The van der Waals surface area contributed by atoms with Gasteiger partial charge in [0.2, 0.25) is 0 Å². The smallest absolute Gasteiger partial charge is 0.414 e. The number of carboxylic acid groups (broad SMARTS) is 2. The summed E-state index contributed by atoms with van der Waals surface area (Å²) in [6.07, 6.45) is 3.85. The van der Waals surface area contributed by atoms with Gasteiger partial charge in [0.05, 0.1) is 0 Å². The predicted molar refractivity (Wildman–Crippen MR) is 121 cm³/mol. The Balaban J connectivity index is 0.000000501. The lowest BCUT2D eigenvalue weighted by atomic mass is 9.86. The molecule has 0 fully saturated rings. The molecule has 0 bridgehead atoms. The number of benzene rings is 1. The minimum absolute atomic E-state index is 0.0192. The van der Waals surface area contributed by atoms with E-state index < -0.39 is 11.9 Å². The fourth-order valence-corrected chi connectivity index (χ4v) is 3.91. The van der Waals surface area contributed by atoms with Gasteiger partial charge in [0.1, 0.15) is 0 Å². The number of carbonyl (C=O) groups is 3. The van der Waals surface area contributed by atoms with Crippen LogP contribution in [0.5, 0.6) is 0 Å². The highest BCUT2D eigenvalue weighted by Crippen LogP contribution is 2.31. The largest absolute Gasteiger partial charge is 0.473 e. The molecule has 1 aromatic heterocycles. The number of carboxylic acids is 2. The van der Waals surface area contributed by atoms with Gasteiger partial charge in [0.25, 0.3) is 0 Å². The molecule has 0 spiro atoms. The van der Waals surface area contributed by atoms with Crippen molar-refractivity contribution in [1.29, 1.82) is 0 Å². The Morgan fingerprint density at radius 2 is 1.68 bits per heavy atom. The number of nitrogens with one attached hydrogen (secondary N) is 2. The van der Waals surface area contributed by atoms with E-state index in [2.05, 4.69) is 64.0 Å². The van der Waals surface area contributed by atoms with Gasteiger partial charge in [-0.05, 0) is 69.2 Å². The van der Waals surface area contributed by atoms with Crippen molar-refractivity contribution >= 4 is 28.6 Å². The van der Waals surface area contributed by atoms with Crippen LogP contribution in [0.1, 0.15) is 76.0 Å². The first-order valence-corrected chi connectivity index (χ1v) is 10.6. The molecule has 31 heavy (non-hydrogen) atoms. The maximum absolute atomic E-state index is 12.6. The third kappa shape index (κ3) is 7.21. The second-order valence-electron chi connectivity index (χ2n) is 10.4. The molecule has 170 valence electrons. The van der Waals surface area contributed by atoms with Crippen LogP contribution in [0.25, 0.3) is 10.9 Å². The zero-order valence-electron chi connectivity index (χ0n) is 19.3. The summed E-state index contributed by atoms with van der Waals surface area (Å²) in [5.41, 5.74) is 4.90. The number of hydrogen-bond donors (Lipinski definition) is 4. The molecule has 1 atom stereocenters. The topological polar surface area (TPSA) is 119 Å². The molecule has 1 unspecified atom stereocenters. The minimum Gasteiger partial charge on any atom is -0.473 e. The zero-order chi connectivity index (χ0) is 23.6. The van der Waals surface area contributed by atoms with Gasteiger partial charge in [0.15, 0.2) is 5.78 Å². The molecule has 7 heteroatoms. The number of hydrogen-bond acceptors (Lipinski definition) is 4. The first kappa shape index (κ1) is 24.6. The summed E-state index contributed by atoms with van der Waals surface area (Å²) in [5.74, 6) is -3.41. The summed E-state index contributed by atoms with van der Waals surface area (Å²) in [4.78, 5) is 34.4. The van der Waals surface area contributed by atoms with Crippen LogP contribution in [0, 0.1) is 5.41 Å². The van der Waals surface area contributed by atoms with E-state index >= 15 is 0 Å². The lowest BCUT2D eigenvalue weighted by Crippen LogP contribution is -2.46. The van der Waals surface area contributed by atoms with Gasteiger partial charge in [-0.25, -0.2) is 9.59 Å². The molecule has 0 aliphatic heterocycles. The van der Waals surface area contributed by atoms with E-state index in [1.807, 2.05) is 6.07 Å². The van der Waals surface area contributed by atoms with Crippen LogP contribution in [-0.2, 0) is 22.4 Å². The molecule has 0 saturated carbocycles. The summed E-state index contributed by atoms with van der Waals surface area (Å²) in [7, 11) is 0. The molecule has 7 nitrogen and oxygen atoms in total. The Hall–Kier alpha value is -2.67. The quantitative estimate of drug-likeness (QED) is 0.428. The van der Waals surface area contributed by atoms with Crippen molar-refractivity contribution in [3.63, 3.8) is 0 Å². The van der Waals surface area contributed by atoms with Crippen molar-refractivity contribution < 1.29 is 24.6 Å². The van der Waals surface area contributed by atoms with Gasteiger partial charge in [0, 0.05) is 40.2 Å². The lowest BCUT2D eigenvalue weighted by molar-refractivity contribution is -0.159. The van der Waals surface area contributed by atoms with Gasteiger partial charge >= 0.3 is 11.9 Å². The molecule has 1 aliphatic rings. The highest BCUT2D eigenvalue weighted by molar-refractivity contribution is 6.27. The van der Waals surface area contributed by atoms with Crippen molar-refractivity contribution in [2.45, 2.75) is 78.8 Å². The summed E-state index contributed by atoms with van der Waals surface area (Å²) in [6.45, 7) is 13.0. The second kappa shape index (κ2) is 9.22. The summed E-state index contributed by atoms with van der Waals surface area (Å²) >= 11 is 0. The zero-order valence-corrected chi connectivity index (χ0v) is 19.3. The third-order valence-corrected chi connectivity index (χ3v) is 5.02. The van der Waals surface area contributed by atoms with Crippen LogP contribution in [0.15, 0.2) is 18.2 Å². The Labute approximate surface area is 183 Å². The summed E-state index contributed by atoms with van der Waals surface area (Å²) < 4.78 is 0. The number of carbonyl (C=O) groups excluding carboxylic acids is 1. The molecule has 0 amide bonds. The van der Waals surface area contributed by atoms with E-state index in [1.165, 1.54) is 16.6 Å². The lowest BCUT2D eigenvalue weighted by Gasteiger charge is -2.31. The maximum atomic E-state index is 12.6. The molecule has 1 aliphatic carbocycles. The molecule has 0 saturated heterocycles. The van der Waals surface area contributed by atoms with Crippen LogP contribution >= 0.6 is 0 Å². The number of ketones is 1. The highest BCUT2D eigenvalue weighted by atomic mass is 16.4. The monoisotopic (exact) mass is 430 g/mol. The van der Waals surface area contributed by atoms with Crippen molar-refractivity contribution in [1.82, 2.24) is 10.3 Å².